The number of hydrogen-bond donors (Lipinski definition) is 0. The molecule has 8 heteroatoms. The molecule has 0 radical (unpaired) electrons. The quantitative estimate of drug-likeness (QED) is 0.160. The van der Waals surface area contributed by atoms with E-state index in [4.69, 9.17) is 19.5 Å². The van der Waals surface area contributed by atoms with E-state index in [0.717, 1.165) is 35.3 Å². The molecule has 0 unspecified atom stereocenters. The molecule has 6 nitrogen and oxygen atoms in total. The van der Waals surface area contributed by atoms with E-state index in [-0.39, 0.29) is 5.91 Å². The van der Waals surface area contributed by atoms with Crippen LogP contribution in [0.1, 0.15) is 25.3 Å². The van der Waals surface area contributed by atoms with E-state index < -0.39 is 0 Å². The van der Waals surface area contributed by atoms with Gasteiger partial charge >= 0.3 is 0 Å². The minimum Gasteiger partial charge on any atom is -0.493 e. The standard InChI is InChI=1S/C30H27N3O3S2/c1-3-4-17-36-25-16-15-21(18-26(25)35-2)19-27-28(34)33(23-13-9-6-10-14-23)30(38-27)32-29-31-24(20-37-29)22-11-7-5-8-12-22/h5-16,18-20H,3-4,17H2,1-2H3/b27-19-,32-30+. The Morgan fingerprint density at radius 3 is 2.50 bits per heavy atom. The third-order valence-electron chi connectivity index (χ3n) is 5.81. The number of carbonyl (C=O) groups is 1. The highest BCUT2D eigenvalue weighted by Gasteiger charge is 2.35. The molecule has 3 aromatic carbocycles. The summed E-state index contributed by atoms with van der Waals surface area (Å²) in [6.45, 7) is 2.76. The Kier molecular flexibility index (Phi) is 8.21. The van der Waals surface area contributed by atoms with Crippen LogP contribution in [0.5, 0.6) is 11.5 Å². The van der Waals surface area contributed by atoms with Crippen LogP contribution in [0.3, 0.4) is 0 Å². The van der Waals surface area contributed by atoms with E-state index in [0.29, 0.717) is 33.3 Å². The molecule has 1 aliphatic rings. The van der Waals surface area contributed by atoms with Crippen molar-refractivity contribution in [3.63, 3.8) is 0 Å². The lowest BCUT2D eigenvalue weighted by Crippen LogP contribution is -2.28. The molecule has 1 aromatic heterocycles. The van der Waals surface area contributed by atoms with Crippen molar-refractivity contribution in [2.75, 3.05) is 18.6 Å². The first kappa shape index (κ1) is 25.8. The van der Waals surface area contributed by atoms with Crippen molar-refractivity contribution in [2.24, 2.45) is 4.99 Å². The Bertz CT molecular complexity index is 1470. The maximum absolute atomic E-state index is 13.6. The Morgan fingerprint density at radius 1 is 1.00 bits per heavy atom. The van der Waals surface area contributed by atoms with Crippen LogP contribution >= 0.6 is 23.1 Å². The van der Waals surface area contributed by atoms with Crippen molar-refractivity contribution in [2.45, 2.75) is 19.8 Å². The topological polar surface area (TPSA) is 64.0 Å². The summed E-state index contributed by atoms with van der Waals surface area (Å²) >= 11 is 2.78. The fourth-order valence-corrected chi connectivity index (χ4v) is 5.60. The van der Waals surface area contributed by atoms with Crippen molar-refractivity contribution in [1.82, 2.24) is 4.98 Å². The van der Waals surface area contributed by atoms with Crippen LogP contribution in [0.25, 0.3) is 17.3 Å². The number of ether oxygens (including phenoxy) is 2. The first-order valence-electron chi connectivity index (χ1n) is 12.4. The van der Waals surface area contributed by atoms with Crippen LogP contribution in [0.2, 0.25) is 0 Å². The minimum atomic E-state index is -0.137. The number of benzene rings is 3. The monoisotopic (exact) mass is 541 g/mol. The number of aromatic nitrogens is 1. The van der Waals surface area contributed by atoms with E-state index in [2.05, 4.69) is 6.92 Å². The van der Waals surface area contributed by atoms with Gasteiger partial charge in [0, 0.05) is 10.9 Å². The van der Waals surface area contributed by atoms with Gasteiger partial charge in [-0.3, -0.25) is 9.69 Å². The number of rotatable bonds is 9. The zero-order valence-corrected chi connectivity index (χ0v) is 22.8. The van der Waals surface area contributed by atoms with Crippen molar-refractivity contribution in [3.8, 4) is 22.8 Å². The fourth-order valence-electron chi connectivity index (χ4n) is 3.86. The van der Waals surface area contributed by atoms with E-state index in [1.54, 1.807) is 12.0 Å². The van der Waals surface area contributed by atoms with Crippen LogP contribution < -0.4 is 14.4 Å². The second-order valence-electron chi connectivity index (χ2n) is 8.47. The summed E-state index contributed by atoms with van der Waals surface area (Å²) in [7, 11) is 1.62. The highest BCUT2D eigenvalue weighted by Crippen LogP contribution is 2.39. The van der Waals surface area contributed by atoms with E-state index in [1.807, 2.05) is 90.3 Å². The molecule has 0 bridgehead atoms. The van der Waals surface area contributed by atoms with Crippen LogP contribution in [-0.2, 0) is 4.79 Å². The molecule has 1 saturated heterocycles. The lowest BCUT2D eigenvalue weighted by Gasteiger charge is -2.15. The van der Waals surface area contributed by atoms with Crippen LogP contribution in [0.4, 0.5) is 10.8 Å². The summed E-state index contributed by atoms with van der Waals surface area (Å²) < 4.78 is 11.4. The van der Waals surface area contributed by atoms with Gasteiger partial charge in [0.05, 0.1) is 30.0 Å². The van der Waals surface area contributed by atoms with Gasteiger partial charge in [0.25, 0.3) is 5.91 Å². The smallest absolute Gasteiger partial charge is 0.271 e. The summed E-state index contributed by atoms with van der Waals surface area (Å²) in [6.07, 6.45) is 3.90. The third kappa shape index (κ3) is 5.82. The second-order valence-corrected chi connectivity index (χ2v) is 10.3. The number of hydrogen-bond acceptors (Lipinski definition) is 7. The number of para-hydroxylation sites is 1. The summed E-state index contributed by atoms with van der Waals surface area (Å²) in [5.74, 6) is 1.19. The van der Waals surface area contributed by atoms with Crippen molar-refractivity contribution in [3.05, 3.63) is 94.7 Å². The predicted octanol–water partition coefficient (Wildman–Crippen LogP) is 7.81. The average molecular weight is 542 g/mol. The number of aliphatic imine (C=N–C) groups is 1. The number of thioether (sulfide) groups is 1. The average Bonchev–Trinajstić information content (AvgIpc) is 3.54. The summed E-state index contributed by atoms with van der Waals surface area (Å²) in [5, 5.41) is 3.14. The predicted molar refractivity (Wildman–Crippen MR) is 158 cm³/mol. The molecule has 38 heavy (non-hydrogen) atoms. The lowest BCUT2D eigenvalue weighted by molar-refractivity contribution is -0.113. The number of methoxy groups -OCH3 is 1. The minimum absolute atomic E-state index is 0.137. The first-order valence-corrected chi connectivity index (χ1v) is 14.1. The molecule has 0 atom stereocenters. The lowest BCUT2D eigenvalue weighted by atomic mass is 10.1. The van der Waals surface area contributed by atoms with Gasteiger partial charge in [0.15, 0.2) is 16.7 Å². The molecule has 192 valence electrons. The molecule has 0 aliphatic carbocycles. The number of thiazole rings is 1. The van der Waals surface area contributed by atoms with Gasteiger partial charge in [-0.15, -0.1) is 11.3 Å². The van der Waals surface area contributed by atoms with Crippen LogP contribution in [0.15, 0.2) is 94.1 Å². The van der Waals surface area contributed by atoms with Crippen molar-refractivity contribution in [1.29, 1.82) is 0 Å². The number of carbonyl (C=O) groups excluding carboxylic acids is 1. The molecule has 1 amide bonds. The van der Waals surface area contributed by atoms with Crippen LogP contribution in [0, 0.1) is 0 Å². The van der Waals surface area contributed by atoms with Gasteiger partial charge < -0.3 is 9.47 Å². The van der Waals surface area contributed by atoms with Gasteiger partial charge in [0.2, 0.25) is 5.13 Å². The zero-order chi connectivity index (χ0) is 26.3. The summed E-state index contributed by atoms with van der Waals surface area (Å²) in [5.41, 5.74) is 3.49. The van der Waals surface area contributed by atoms with Crippen LogP contribution in [-0.4, -0.2) is 29.8 Å². The maximum atomic E-state index is 13.6. The Labute approximate surface area is 230 Å². The SMILES string of the molecule is CCCCOc1ccc(/C=C2\S/C(=N/c3nc(-c4ccccc4)cs3)N(c3ccccc3)C2=O)cc1OC. The number of amides is 1. The van der Waals surface area contributed by atoms with Gasteiger partial charge in [-0.1, -0.05) is 67.9 Å². The van der Waals surface area contributed by atoms with E-state index in [9.17, 15) is 4.79 Å². The van der Waals surface area contributed by atoms with E-state index >= 15 is 0 Å². The molecule has 1 fully saturated rings. The van der Waals surface area contributed by atoms with Crippen molar-refractivity contribution < 1.29 is 14.3 Å². The second kappa shape index (κ2) is 12.1. The van der Waals surface area contributed by atoms with Gasteiger partial charge in [-0.2, -0.15) is 4.99 Å². The molecule has 0 saturated carbocycles. The molecule has 4 aromatic rings. The summed E-state index contributed by atoms with van der Waals surface area (Å²) in [6, 6.07) is 25.2. The molecule has 0 N–H and O–H groups in total. The molecule has 0 spiro atoms. The Hall–Kier alpha value is -3.88. The van der Waals surface area contributed by atoms with Gasteiger partial charge in [-0.05, 0) is 54.1 Å². The molecule has 2 heterocycles. The zero-order valence-electron chi connectivity index (χ0n) is 21.2. The Balaban J connectivity index is 1.46. The highest BCUT2D eigenvalue weighted by atomic mass is 32.2. The molecular weight excluding hydrogens is 514 g/mol. The van der Waals surface area contributed by atoms with Gasteiger partial charge in [-0.25, -0.2) is 4.98 Å². The van der Waals surface area contributed by atoms with E-state index in [1.165, 1.54) is 23.1 Å². The third-order valence-corrected chi connectivity index (χ3v) is 7.52. The van der Waals surface area contributed by atoms with Gasteiger partial charge in [0.1, 0.15) is 0 Å². The molecular formula is C30H27N3O3S2. The summed E-state index contributed by atoms with van der Waals surface area (Å²) in [4.78, 5) is 25.3. The first-order chi connectivity index (χ1) is 18.7. The number of anilines is 1. The van der Waals surface area contributed by atoms with Crippen molar-refractivity contribution >= 4 is 51.1 Å². The maximum Gasteiger partial charge on any atom is 0.271 e. The molecule has 1 aliphatic heterocycles. The number of nitrogens with zero attached hydrogens (tertiary/aromatic N) is 3. The normalized spacial score (nSPS) is 15.4. The largest absolute Gasteiger partial charge is 0.493 e. The fraction of sp³-hybridized carbons (Fsp3) is 0.167. The molecule has 5 rings (SSSR count). The highest BCUT2D eigenvalue weighted by molar-refractivity contribution is 8.19. The number of unbranched alkanes of at least 4 members (excludes halogenated alkanes) is 1. The number of amidine groups is 1. The Morgan fingerprint density at radius 2 is 1.76 bits per heavy atom.